The molecule has 36 heavy (non-hydrogen) atoms. The van der Waals surface area contributed by atoms with Gasteiger partial charge in [-0.2, -0.15) is 0 Å². The molecule has 0 spiro atoms. The van der Waals surface area contributed by atoms with Crippen LogP contribution in [0, 0.1) is 0 Å². The maximum atomic E-state index is 12.7. The number of carboxylic acids is 1. The number of nitrogens with zero attached hydrogens (tertiary/aromatic N) is 2. The molecule has 0 bridgehead atoms. The van der Waals surface area contributed by atoms with Crippen molar-refractivity contribution in [1.82, 2.24) is 0 Å². The number of benzene rings is 3. The Morgan fingerprint density at radius 1 is 1.08 bits per heavy atom. The van der Waals surface area contributed by atoms with Crippen molar-refractivity contribution in [2.24, 2.45) is 0 Å². The summed E-state index contributed by atoms with van der Waals surface area (Å²) in [6.07, 6.45) is 0. The molecule has 188 valence electrons. The molecule has 0 atom stereocenters. The molecule has 3 aromatic rings. The van der Waals surface area contributed by atoms with Crippen LogP contribution in [0.4, 0.5) is 11.4 Å². The zero-order valence-electron chi connectivity index (χ0n) is 19.7. The molecule has 1 aliphatic heterocycles. The van der Waals surface area contributed by atoms with Gasteiger partial charge in [-0.05, 0) is 42.5 Å². The highest BCUT2D eigenvalue weighted by Gasteiger charge is 2.22. The van der Waals surface area contributed by atoms with Gasteiger partial charge in [-0.1, -0.05) is 45.7 Å². The van der Waals surface area contributed by atoms with E-state index in [-0.39, 0.29) is 24.6 Å². The van der Waals surface area contributed by atoms with Crippen LogP contribution in [0.5, 0.6) is 5.75 Å². The Morgan fingerprint density at radius 2 is 1.83 bits per heavy atom. The van der Waals surface area contributed by atoms with Gasteiger partial charge >= 0.3 is 5.97 Å². The third-order valence-electron chi connectivity index (χ3n) is 5.95. The number of aromatic carboxylic acids is 1. The van der Waals surface area contributed by atoms with Gasteiger partial charge in [0.1, 0.15) is 12.4 Å². The maximum Gasteiger partial charge on any atom is 0.337 e. The molecule has 0 radical (unpaired) electrons. The van der Waals surface area contributed by atoms with Crippen molar-refractivity contribution < 1.29 is 24.2 Å². The number of rotatable bonds is 8. The number of hydrogen-bond donors (Lipinski definition) is 1. The normalized spacial score (nSPS) is 13.4. The molecule has 0 aliphatic carbocycles. The topological polar surface area (TPSA) is 79.3 Å². The second-order valence-electron chi connectivity index (χ2n) is 8.34. The Labute approximate surface area is 223 Å². The first kappa shape index (κ1) is 26.0. The number of amides is 1. The largest absolute Gasteiger partial charge is 0.488 e. The first-order chi connectivity index (χ1) is 17.3. The molecule has 4 rings (SSSR count). The fraction of sp³-hybridized carbons (Fsp3) is 0.259. The van der Waals surface area contributed by atoms with Crippen LogP contribution < -0.4 is 14.5 Å². The molecule has 1 heterocycles. The molecule has 1 fully saturated rings. The number of anilines is 2. The van der Waals surface area contributed by atoms with Crippen molar-refractivity contribution in [3.8, 4) is 5.75 Å². The lowest BCUT2D eigenvalue weighted by Crippen LogP contribution is -2.37. The number of carbonyl (C=O) groups is 2. The van der Waals surface area contributed by atoms with Gasteiger partial charge in [0.2, 0.25) is 5.91 Å². The Hall–Kier alpha value is -3.07. The van der Waals surface area contributed by atoms with Crippen LogP contribution in [0.2, 0.25) is 5.02 Å². The van der Waals surface area contributed by atoms with Gasteiger partial charge in [0.15, 0.2) is 0 Å². The number of ether oxygens (including phenoxy) is 2. The molecule has 3 aromatic carbocycles. The smallest absolute Gasteiger partial charge is 0.337 e. The summed E-state index contributed by atoms with van der Waals surface area (Å²) >= 11 is 9.77. The van der Waals surface area contributed by atoms with Crippen LogP contribution in [0.1, 0.15) is 28.4 Å². The van der Waals surface area contributed by atoms with Crippen molar-refractivity contribution >= 4 is 50.8 Å². The van der Waals surface area contributed by atoms with Crippen LogP contribution in [0.3, 0.4) is 0 Å². The molecule has 1 N–H and O–H groups in total. The van der Waals surface area contributed by atoms with E-state index < -0.39 is 5.97 Å². The summed E-state index contributed by atoms with van der Waals surface area (Å²) in [7, 11) is 0. The average molecular weight is 574 g/mol. The number of carbonyl (C=O) groups excluding carboxylic acids is 1. The Bertz CT molecular complexity index is 1260. The lowest BCUT2D eigenvalue weighted by Gasteiger charge is -2.31. The first-order valence-corrected chi connectivity index (χ1v) is 12.6. The second-order valence-corrected chi connectivity index (χ2v) is 9.67. The minimum atomic E-state index is -1.05. The van der Waals surface area contributed by atoms with Crippen molar-refractivity contribution in [2.45, 2.75) is 20.1 Å². The zero-order chi connectivity index (χ0) is 25.7. The SMILES string of the molecule is CC(=O)N(Cc1cc(Br)ccc1OCc1ccccc1Cl)c1ccc(N2CCOCC2)c(C(=O)O)c1. The molecule has 9 heteroatoms. The summed E-state index contributed by atoms with van der Waals surface area (Å²) in [6.45, 7) is 4.23. The Balaban J connectivity index is 1.62. The van der Waals surface area contributed by atoms with Crippen LogP contribution in [0.15, 0.2) is 65.1 Å². The van der Waals surface area contributed by atoms with Crippen LogP contribution in [0.25, 0.3) is 0 Å². The highest BCUT2D eigenvalue weighted by molar-refractivity contribution is 9.10. The van der Waals surface area contributed by atoms with E-state index in [9.17, 15) is 14.7 Å². The maximum absolute atomic E-state index is 12.7. The van der Waals surface area contributed by atoms with Crippen molar-refractivity contribution in [3.05, 3.63) is 86.8 Å². The van der Waals surface area contributed by atoms with Gasteiger partial charge in [-0.25, -0.2) is 4.79 Å². The summed E-state index contributed by atoms with van der Waals surface area (Å²) in [5.41, 5.74) is 2.87. The summed E-state index contributed by atoms with van der Waals surface area (Å²) < 4.78 is 12.3. The summed E-state index contributed by atoms with van der Waals surface area (Å²) in [4.78, 5) is 28.4. The number of hydrogen-bond acceptors (Lipinski definition) is 5. The van der Waals surface area contributed by atoms with E-state index in [0.717, 1.165) is 15.6 Å². The molecule has 0 aromatic heterocycles. The van der Waals surface area contributed by atoms with Crippen molar-refractivity contribution in [3.63, 3.8) is 0 Å². The first-order valence-electron chi connectivity index (χ1n) is 11.5. The predicted octanol–water partition coefficient (Wildman–Crippen LogP) is 5.77. The predicted molar refractivity (Wildman–Crippen MR) is 143 cm³/mol. The lowest BCUT2D eigenvalue weighted by atomic mass is 10.1. The quantitative estimate of drug-likeness (QED) is 0.369. The molecular weight excluding hydrogens is 548 g/mol. The third-order valence-corrected chi connectivity index (χ3v) is 6.81. The summed E-state index contributed by atoms with van der Waals surface area (Å²) in [5, 5.41) is 10.5. The Kier molecular flexibility index (Phi) is 8.51. The van der Waals surface area contributed by atoms with E-state index in [2.05, 4.69) is 15.9 Å². The number of morpholine rings is 1. The van der Waals surface area contributed by atoms with Crippen molar-refractivity contribution in [2.75, 3.05) is 36.1 Å². The van der Waals surface area contributed by atoms with E-state index in [1.807, 2.05) is 41.3 Å². The lowest BCUT2D eigenvalue weighted by molar-refractivity contribution is -0.116. The van der Waals surface area contributed by atoms with E-state index in [4.69, 9.17) is 21.1 Å². The minimum absolute atomic E-state index is 0.144. The minimum Gasteiger partial charge on any atom is -0.488 e. The highest BCUT2D eigenvalue weighted by atomic mass is 79.9. The van der Waals surface area contributed by atoms with E-state index in [1.165, 1.54) is 6.92 Å². The summed E-state index contributed by atoms with van der Waals surface area (Å²) in [6, 6.07) is 18.1. The van der Waals surface area contributed by atoms with E-state index in [0.29, 0.717) is 48.5 Å². The monoisotopic (exact) mass is 572 g/mol. The molecule has 0 saturated carbocycles. The molecule has 1 aliphatic rings. The molecule has 0 unspecified atom stereocenters. The van der Waals surface area contributed by atoms with Crippen LogP contribution in [-0.4, -0.2) is 43.3 Å². The molecule has 7 nitrogen and oxygen atoms in total. The highest BCUT2D eigenvalue weighted by Crippen LogP contribution is 2.31. The fourth-order valence-electron chi connectivity index (χ4n) is 4.08. The molecule has 1 amide bonds. The van der Waals surface area contributed by atoms with Crippen LogP contribution >= 0.6 is 27.5 Å². The van der Waals surface area contributed by atoms with Gasteiger partial charge in [-0.3, -0.25) is 4.79 Å². The van der Waals surface area contributed by atoms with E-state index in [1.54, 1.807) is 29.2 Å². The average Bonchev–Trinajstić information content (AvgIpc) is 2.87. The van der Waals surface area contributed by atoms with E-state index >= 15 is 0 Å². The molecule has 1 saturated heterocycles. The third kappa shape index (κ3) is 6.19. The van der Waals surface area contributed by atoms with Gasteiger partial charge in [0.25, 0.3) is 0 Å². The number of carboxylic acid groups (broad SMARTS) is 1. The summed E-state index contributed by atoms with van der Waals surface area (Å²) in [5.74, 6) is -0.664. The molecular formula is C27H26BrClN2O5. The standard InChI is InChI=1S/C27H26BrClN2O5/c1-18(32)31(22-7-8-25(23(15-22)27(33)34)30-10-12-35-13-11-30)16-20-14-21(28)6-9-26(20)36-17-19-4-2-3-5-24(19)29/h2-9,14-15H,10-13,16-17H2,1H3,(H,33,34). The van der Waals surface area contributed by atoms with Crippen LogP contribution in [-0.2, 0) is 22.7 Å². The van der Waals surface area contributed by atoms with Gasteiger partial charge in [0.05, 0.1) is 31.0 Å². The number of halogens is 2. The fourth-order valence-corrected chi connectivity index (χ4v) is 4.68. The van der Waals surface area contributed by atoms with Gasteiger partial charge in [0, 0.05) is 46.3 Å². The van der Waals surface area contributed by atoms with Gasteiger partial charge in [-0.15, -0.1) is 0 Å². The second kappa shape index (κ2) is 11.8. The zero-order valence-corrected chi connectivity index (χ0v) is 22.1. The Morgan fingerprint density at radius 3 is 2.53 bits per heavy atom. The van der Waals surface area contributed by atoms with Gasteiger partial charge < -0.3 is 24.4 Å². The van der Waals surface area contributed by atoms with Crippen molar-refractivity contribution in [1.29, 1.82) is 0 Å².